The molecule has 0 radical (unpaired) electrons. The van der Waals surface area contributed by atoms with Crippen LogP contribution in [0.5, 0.6) is 11.5 Å². The van der Waals surface area contributed by atoms with Gasteiger partial charge in [0, 0.05) is 25.7 Å². The number of methoxy groups -OCH3 is 1. The Morgan fingerprint density at radius 1 is 1.26 bits per heavy atom. The quantitative estimate of drug-likeness (QED) is 0.792. The first kappa shape index (κ1) is 13.9. The lowest BCUT2D eigenvalue weighted by Crippen LogP contribution is -2.43. The third kappa shape index (κ3) is 3.98. The van der Waals surface area contributed by atoms with Crippen molar-refractivity contribution in [2.75, 3.05) is 33.4 Å². The van der Waals surface area contributed by atoms with Crippen LogP contribution < -0.4 is 15.2 Å². The maximum absolute atomic E-state index is 5.76. The predicted molar refractivity (Wildman–Crippen MR) is 76.7 cm³/mol. The van der Waals surface area contributed by atoms with Gasteiger partial charge in [-0.05, 0) is 30.7 Å². The van der Waals surface area contributed by atoms with E-state index < -0.39 is 0 Å². The average Bonchev–Trinajstić information content (AvgIpc) is 2.48. The third-order valence-corrected chi connectivity index (χ3v) is 3.36. The van der Waals surface area contributed by atoms with Crippen LogP contribution in [0.2, 0.25) is 0 Å². The fourth-order valence-corrected chi connectivity index (χ4v) is 2.24. The van der Waals surface area contributed by atoms with Gasteiger partial charge in [-0.3, -0.25) is 4.90 Å². The summed E-state index contributed by atoms with van der Waals surface area (Å²) in [7, 11) is 1.66. The molecular formula is C15H22N2O2. The standard InChI is InChI=1S/C15H22N2O2/c1-18-14-5-7-15(8-6-14)19-11-10-17-9-3-2-4-13(17)12-16/h2,4-8,13H,3,9-12,16H2,1H3. The Kier molecular flexibility index (Phi) is 5.24. The van der Waals surface area contributed by atoms with Gasteiger partial charge in [0.1, 0.15) is 18.1 Å². The summed E-state index contributed by atoms with van der Waals surface area (Å²) in [5.41, 5.74) is 5.76. The Morgan fingerprint density at radius 2 is 2.00 bits per heavy atom. The van der Waals surface area contributed by atoms with E-state index >= 15 is 0 Å². The van der Waals surface area contributed by atoms with Gasteiger partial charge in [0.05, 0.1) is 7.11 Å². The highest BCUT2D eigenvalue weighted by atomic mass is 16.5. The molecule has 1 aliphatic rings. The van der Waals surface area contributed by atoms with Crippen LogP contribution in [0.4, 0.5) is 0 Å². The molecule has 2 N–H and O–H groups in total. The van der Waals surface area contributed by atoms with Gasteiger partial charge < -0.3 is 15.2 Å². The topological polar surface area (TPSA) is 47.7 Å². The average molecular weight is 262 g/mol. The van der Waals surface area contributed by atoms with E-state index in [0.717, 1.165) is 31.0 Å². The van der Waals surface area contributed by atoms with Crippen LogP contribution in [0.25, 0.3) is 0 Å². The number of hydrogen-bond donors (Lipinski definition) is 1. The first-order valence-corrected chi connectivity index (χ1v) is 6.71. The smallest absolute Gasteiger partial charge is 0.119 e. The van der Waals surface area contributed by atoms with Crippen molar-refractivity contribution in [1.29, 1.82) is 0 Å². The third-order valence-electron chi connectivity index (χ3n) is 3.36. The molecule has 19 heavy (non-hydrogen) atoms. The fraction of sp³-hybridized carbons (Fsp3) is 0.467. The molecule has 2 rings (SSSR count). The summed E-state index contributed by atoms with van der Waals surface area (Å²) in [6.07, 6.45) is 5.49. The summed E-state index contributed by atoms with van der Waals surface area (Å²) in [6.45, 7) is 3.30. The van der Waals surface area contributed by atoms with E-state index in [9.17, 15) is 0 Å². The molecule has 0 aliphatic carbocycles. The molecule has 0 saturated carbocycles. The highest BCUT2D eigenvalue weighted by Crippen LogP contribution is 2.17. The van der Waals surface area contributed by atoms with E-state index in [1.54, 1.807) is 7.11 Å². The lowest BCUT2D eigenvalue weighted by molar-refractivity contribution is 0.180. The van der Waals surface area contributed by atoms with Crippen molar-refractivity contribution in [3.8, 4) is 11.5 Å². The number of ether oxygens (including phenoxy) is 2. The Balaban J connectivity index is 1.77. The second-order valence-corrected chi connectivity index (χ2v) is 4.58. The lowest BCUT2D eigenvalue weighted by atomic mass is 10.1. The van der Waals surface area contributed by atoms with Gasteiger partial charge in [-0.2, -0.15) is 0 Å². The zero-order chi connectivity index (χ0) is 13.5. The largest absolute Gasteiger partial charge is 0.497 e. The molecule has 104 valence electrons. The maximum atomic E-state index is 5.76. The number of nitrogens with zero attached hydrogens (tertiary/aromatic N) is 1. The summed E-state index contributed by atoms with van der Waals surface area (Å²) < 4.78 is 10.9. The maximum Gasteiger partial charge on any atom is 0.119 e. The van der Waals surface area contributed by atoms with Gasteiger partial charge >= 0.3 is 0 Å². The Hall–Kier alpha value is -1.52. The van der Waals surface area contributed by atoms with Crippen molar-refractivity contribution in [2.45, 2.75) is 12.5 Å². The molecule has 0 spiro atoms. The molecule has 0 bridgehead atoms. The molecule has 1 aliphatic heterocycles. The first-order chi connectivity index (χ1) is 9.33. The Bertz CT molecular complexity index is 403. The van der Waals surface area contributed by atoms with Crippen LogP contribution in [-0.4, -0.2) is 44.3 Å². The van der Waals surface area contributed by atoms with Crippen molar-refractivity contribution < 1.29 is 9.47 Å². The van der Waals surface area contributed by atoms with E-state index in [-0.39, 0.29) is 0 Å². The molecule has 1 heterocycles. The summed E-state index contributed by atoms with van der Waals surface area (Å²) >= 11 is 0. The SMILES string of the molecule is COc1ccc(OCCN2CCC=CC2CN)cc1. The minimum absolute atomic E-state index is 0.355. The molecule has 1 aromatic carbocycles. The monoisotopic (exact) mass is 262 g/mol. The summed E-state index contributed by atoms with van der Waals surface area (Å²) in [5.74, 6) is 1.72. The van der Waals surface area contributed by atoms with Crippen molar-refractivity contribution in [3.05, 3.63) is 36.4 Å². The molecular weight excluding hydrogens is 240 g/mol. The van der Waals surface area contributed by atoms with Crippen LogP contribution in [0.15, 0.2) is 36.4 Å². The van der Waals surface area contributed by atoms with Gasteiger partial charge in [0.2, 0.25) is 0 Å². The van der Waals surface area contributed by atoms with Gasteiger partial charge in [0.25, 0.3) is 0 Å². The molecule has 0 amide bonds. The number of rotatable bonds is 6. The van der Waals surface area contributed by atoms with E-state index in [2.05, 4.69) is 17.1 Å². The van der Waals surface area contributed by atoms with Crippen LogP contribution in [0.1, 0.15) is 6.42 Å². The van der Waals surface area contributed by atoms with Gasteiger partial charge in [-0.25, -0.2) is 0 Å². The summed E-state index contributed by atoms with van der Waals surface area (Å²) in [5, 5.41) is 0. The summed E-state index contributed by atoms with van der Waals surface area (Å²) in [4.78, 5) is 2.36. The van der Waals surface area contributed by atoms with Gasteiger partial charge in [-0.1, -0.05) is 12.2 Å². The second kappa shape index (κ2) is 7.16. The van der Waals surface area contributed by atoms with Gasteiger partial charge in [-0.15, -0.1) is 0 Å². The summed E-state index contributed by atoms with van der Waals surface area (Å²) in [6, 6.07) is 8.02. The normalized spacial score (nSPS) is 19.4. The van der Waals surface area contributed by atoms with E-state index in [1.165, 1.54) is 0 Å². The number of benzene rings is 1. The molecule has 4 nitrogen and oxygen atoms in total. The highest BCUT2D eigenvalue weighted by Gasteiger charge is 2.16. The van der Waals surface area contributed by atoms with Gasteiger partial charge in [0.15, 0.2) is 0 Å². The van der Waals surface area contributed by atoms with E-state index in [4.69, 9.17) is 15.2 Å². The molecule has 1 atom stereocenters. The van der Waals surface area contributed by atoms with Crippen molar-refractivity contribution in [1.82, 2.24) is 4.90 Å². The van der Waals surface area contributed by atoms with Crippen LogP contribution in [-0.2, 0) is 0 Å². The Labute approximate surface area is 114 Å². The van der Waals surface area contributed by atoms with Crippen molar-refractivity contribution in [2.24, 2.45) is 5.73 Å². The van der Waals surface area contributed by atoms with Crippen molar-refractivity contribution >= 4 is 0 Å². The number of nitrogens with two attached hydrogens (primary N) is 1. The van der Waals surface area contributed by atoms with Crippen LogP contribution in [0, 0.1) is 0 Å². The molecule has 0 fully saturated rings. The second-order valence-electron chi connectivity index (χ2n) is 4.58. The minimum Gasteiger partial charge on any atom is -0.497 e. The lowest BCUT2D eigenvalue weighted by Gasteiger charge is -2.31. The zero-order valence-corrected chi connectivity index (χ0v) is 11.4. The van der Waals surface area contributed by atoms with Crippen molar-refractivity contribution in [3.63, 3.8) is 0 Å². The fourth-order valence-electron chi connectivity index (χ4n) is 2.24. The molecule has 4 heteroatoms. The number of hydrogen-bond acceptors (Lipinski definition) is 4. The van der Waals surface area contributed by atoms with Crippen LogP contribution >= 0.6 is 0 Å². The van der Waals surface area contributed by atoms with E-state index in [0.29, 0.717) is 19.2 Å². The molecule has 0 saturated heterocycles. The minimum atomic E-state index is 0.355. The molecule has 1 aromatic rings. The molecule has 0 aromatic heterocycles. The van der Waals surface area contributed by atoms with Crippen LogP contribution in [0.3, 0.4) is 0 Å². The Morgan fingerprint density at radius 3 is 2.68 bits per heavy atom. The highest BCUT2D eigenvalue weighted by molar-refractivity contribution is 5.31. The first-order valence-electron chi connectivity index (χ1n) is 6.71. The predicted octanol–water partition coefficient (Wildman–Crippen LogP) is 1.66. The zero-order valence-electron chi connectivity index (χ0n) is 11.4. The molecule has 1 unspecified atom stereocenters. The van der Waals surface area contributed by atoms with E-state index in [1.807, 2.05) is 24.3 Å².